The van der Waals surface area contributed by atoms with E-state index in [2.05, 4.69) is 29.0 Å². The highest BCUT2D eigenvalue weighted by atomic mass is 14.7. The quantitative estimate of drug-likeness (QED) is 0.705. The van der Waals surface area contributed by atoms with Crippen molar-refractivity contribution in [3.63, 3.8) is 0 Å². The molecular formula is C13H12N2. The average molecular weight is 196 g/mol. The van der Waals surface area contributed by atoms with E-state index in [-0.39, 0.29) is 0 Å². The van der Waals surface area contributed by atoms with Crippen molar-refractivity contribution >= 4 is 10.9 Å². The van der Waals surface area contributed by atoms with Crippen LogP contribution >= 0.6 is 0 Å². The molecule has 0 radical (unpaired) electrons. The van der Waals surface area contributed by atoms with Crippen molar-refractivity contribution < 1.29 is 0 Å². The van der Waals surface area contributed by atoms with Crippen LogP contribution in [0, 0.1) is 11.8 Å². The number of hydrogen-bond donors (Lipinski definition) is 1. The van der Waals surface area contributed by atoms with Crippen molar-refractivity contribution in [1.29, 1.82) is 0 Å². The number of nitrogens with zero attached hydrogens (tertiary/aromatic N) is 1. The van der Waals surface area contributed by atoms with Crippen LogP contribution in [0.15, 0.2) is 36.4 Å². The predicted molar refractivity (Wildman–Crippen MR) is 62.3 cm³/mol. The zero-order valence-electron chi connectivity index (χ0n) is 8.40. The Morgan fingerprint density at radius 1 is 1.07 bits per heavy atom. The molecule has 1 heterocycles. The third-order valence-electron chi connectivity index (χ3n) is 2.15. The van der Waals surface area contributed by atoms with Crippen LogP contribution in [-0.2, 0) is 6.42 Å². The first-order valence-electron chi connectivity index (χ1n) is 4.90. The first kappa shape index (κ1) is 9.70. The van der Waals surface area contributed by atoms with Gasteiger partial charge in [-0.2, -0.15) is 0 Å². The predicted octanol–water partition coefficient (Wildman–Crippen LogP) is 1.74. The Bertz CT molecular complexity index is 521. The Labute approximate surface area is 89.1 Å². The third kappa shape index (κ3) is 2.34. The van der Waals surface area contributed by atoms with E-state index < -0.39 is 0 Å². The molecule has 2 heteroatoms. The van der Waals surface area contributed by atoms with Crippen LogP contribution < -0.4 is 5.73 Å². The molecule has 2 aromatic rings. The Hall–Kier alpha value is -1.85. The van der Waals surface area contributed by atoms with Crippen LogP contribution in [0.5, 0.6) is 0 Å². The monoisotopic (exact) mass is 196 g/mol. The summed E-state index contributed by atoms with van der Waals surface area (Å²) in [4.78, 5) is 4.50. The van der Waals surface area contributed by atoms with Gasteiger partial charge in [0.25, 0.3) is 0 Å². The van der Waals surface area contributed by atoms with E-state index in [0.717, 1.165) is 16.6 Å². The molecule has 0 bridgehead atoms. The molecule has 0 spiro atoms. The van der Waals surface area contributed by atoms with Crippen molar-refractivity contribution in [2.45, 2.75) is 6.42 Å². The van der Waals surface area contributed by atoms with E-state index in [0.29, 0.717) is 13.0 Å². The average Bonchev–Trinajstić information content (AvgIpc) is 2.29. The number of para-hydroxylation sites is 1. The van der Waals surface area contributed by atoms with Crippen LogP contribution in [0.25, 0.3) is 10.9 Å². The molecule has 2 nitrogen and oxygen atoms in total. The molecule has 74 valence electrons. The van der Waals surface area contributed by atoms with E-state index in [1.807, 2.05) is 24.3 Å². The van der Waals surface area contributed by atoms with Gasteiger partial charge in [-0.25, -0.2) is 0 Å². The van der Waals surface area contributed by atoms with Crippen molar-refractivity contribution in [1.82, 2.24) is 4.98 Å². The molecule has 1 aromatic carbocycles. The van der Waals surface area contributed by atoms with E-state index in [1.54, 1.807) is 0 Å². The fraction of sp³-hybridized carbons (Fsp3) is 0.154. The summed E-state index contributed by atoms with van der Waals surface area (Å²) in [6, 6.07) is 12.1. The number of hydrogen-bond acceptors (Lipinski definition) is 2. The third-order valence-corrected chi connectivity index (χ3v) is 2.15. The molecule has 2 N–H and O–H groups in total. The number of fused-ring (bicyclic) bond motifs is 1. The minimum Gasteiger partial charge on any atom is -0.320 e. The highest BCUT2D eigenvalue weighted by Gasteiger charge is 1.95. The molecule has 0 saturated heterocycles. The van der Waals surface area contributed by atoms with Crippen LogP contribution in [0.3, 0.4) is 0 Å². The summed E-state index contributed by atoms with van der Waals surface area (Å²) < 4.78 is 0. The fourth-order valence-corrected chi connectivity index (χ4v) is 1.43. The summed E-state index contributed by atoms with van der Waals surface area (Å²) in [5.74, 6) is 5.81. The topological polar surface area (TPSA) is 38.9 Å². The van der Waals surface area contributed by atoms with Crippen LogP contribution in [-0.4, -0.2) is 11.5 Å². The summed E-state index contributed by atoms with van der Waals surface area (Å²) in [7, 11) is 0. The molecule has 0 saturated carbocycles. The van der Waals surface area contributed by atoms with E-state index in [9.17, 15) is 0 Å². The van der Waals surface area contributed by atoms with Gasteiger partial charge in [0, 0.05) is 5.39 Å². The summed E-state index contributed by atoms with van der Waals surface area (Å²) in [5.41, 5.74) is 7.30. The first-order valence-corrected chi connectivity index (χ1v) is 4.90. The first-order chi connectivity index (χ1) is 7.40. The lowest BCUT2D eigenvalue weighted by Crippen LogP contribution is -1.94. The van der Waals surface area contributed by atoms with Gasteiger partial charge in [0.2, 0.25) is 0 Å². The molecule has 0 aliphatic carbocycles. The molecule has 0 aliphatic rings. The maximum Gasteiger partial charge on any atom is 0.0705 e. The number of pyridine rings is 1. The molecule has 0 amide bonds. The molecule has 1 aromatic heterocycles. The Kier molecular flexibility index (Phi) is 2.96. The lowest BCUT2D eigenvalue weighted by molar-refractivity contribution is 1.17. The van der Waals surface area contributed by atoms with E-state index in [1.165, 1.54) is 0 Å². The summed E-state index contributed by atoms with van der Waals surface area (Å²) in [6.45, 7) is 0.410. The normalized spacial score (nSPS) is 9.67. The fourth-order valence-electron chi connectivity index (χ4n) is 1.43. The second-order valence-corrected chi connectivity index (χ2v) is 3.23. The lowest BCUT2D eigenvalue weighted by atomic mass is 10.2. The molecule has 2 rings (SSSR count). The smallest absolute Gasteiger partial charge is 0.0705 e. The summed E-state index contributed by atoms with van der Waals surface area (Å²) in [5, 5.41) is 1.16. The molecule has 0 fully saturated rings. The number of benzene rings is 1. The molecule has 15 heavy (non-hydrogen) atoms. The van der Waals surface area contributed by atoms with Gasteiger partial charge in [-0.3, -0.25) is 4.98 Å². The number of rotatable bonds is 1. The van der Waals surface area contributed by atoms with Gasteiger partial charge in [0.05, 0.1) is 24.2 Å². The van der Waals surface area contributed by atoms with Gasteiger partial charge in [-0.1, -0.05) is 36.1 Å². The van der Waals surface area contributed by atoms with Crippen LogP contribution in [0.4, 0.5) is 0 Å². The largest absolute Gasteiger partial charge is 0.320 e. The molecule has 0 atom stereocenters. The Morgan fingerprint density at radius 2 is 1.93 bits per heavy atom. The Balaban J connectivity index is 2.30. The molecular weight excluding hydrogens is 184 g/mol. The van der Waals surface area contributed by atoms with Crippen molar-refractivity contribution in [2.75, 3.05) is 6.54 Å². The lowest BCUT2D eigenvalue weighted by Gasteiger charge is -1.98. The zero-order chi connectivity index (χ0) is 10.5. The number of nitrogens with two attached hydrogens (primary N) is 1. The van der Waals surface area contributed by atoms with E-state index in [4.69, 9.17) is 5.73 Å². The second-order valence-electron chi connectivity index (χ2n) is 3.23. The van der Waals surface area contributed by atoms with Crippen LogP contribution in [0.2, 0.25) is 0 Å². The maximum absolute atomic E-state index is 5.29. The van der Waals surface area contributed by atoms with Gasteiger partial charge >= 0.3 is 0 Å². The standard InChI is InChI=1S/C13H12N2/c14-10-4-3-6-12-9-8-11-5-1-2-7-13(11)15-12/h1-2,5,7-9H,6,10,14H2. The van der Waals surface area contributed by atoms with Gasteiger partial charge in [-0.15, -0.1) is 0 Å². The zero-order valence-corrected chi connectivity index (χ0v) is 8.40. The van der Waals surface area contributed by atoms with Crippen molar-refractivity contribution in [2.24, 2.45) is 5.73 Å². The minimum absolute atomic E-state index is 0.410. The minimum atomic E-state index is 0.410. The maximum atomic E-state index is 5.29. The molecule has 0 unspecified atom stereocenters. The van der Waals surface area contributed by atoms with Gasteiger partial charge in [0.1, 0.15) is 0 Å². The number of aromatic nitrogens is 1. The molecule has 0 aliphatic heterocycles. The van der Waals surface area contributed by atoms with Gasteiger partial charge in [-0.05, 0) is 12.1 Å². The van der Waals surface area contributed by atoms with E-state index >= 15 is 0 Å². The van der Waals surface area contributed by atoms with Crippen molar-refractivity contribution in [3.8, 4) is 11.8 Å². The van der Waals surface area contributed by atoms with Gasteiger partial charge < -0.3 is 5.73 Å². The highest BCUT2D eigenvalue weighted by molar-refractivity contribution is 5.78. The highest BCUT2D eigenvalue weighted by Crippen LogP contribution is 2.11. The SMILES string of the molecule is NCC#CCc1ccc2ccccc2n1. The van der Waals surface area contributed by atoms with Crippen LogP contribution in [0.1, 0.15) is 5.69 Å². The Morgan fingerprint density at radius 3 is 2.80 bits per heavy atom. The second kappa shape index (κ2) is 4.59. The van der Waals surface area contributed by atoms with Crippen molar-refractivity contribution in [3.05, 3.63) is 42.1 Å². The summed E-state index contributed by atoms with van der Waals surface area (Å²) >= 11 is 0. The summed E-state index contributed by atoms with van der Waals surface area (Å²) in [6.07, 6.45) is 0.669. The van der Waals surface area contributed by atoms with Gasteiger partial charge in [0.15, 0.2) is 0 Å².